The lowest BCUT2D eigenvalue weighted by molar-refractivity contribution is 0.102. The van der Waals surface area contributed by atoms with Gasteiger partial charge < -0.3 is 10.6 Å². The number of aromatic nitrogens is 3. The maximum atomic E-state index is 12.0. The minimum Gasteiger partial charge on any atom is -0.370 e. The van der Waals surface area contributed by atoms with Gasteiger partial charge in [-0.25, -0.2) is 9.97 Å². The number of nitrogens with zero attached hydrogens (tertiary/aromatic N) is 3. The molecule has 0 aromatic carbocycles. The van der Waals surface area contributed by atoms with Crippen LogP contribution in [0, 0.1) is 0 Å². The van der Waals surface area contributed by atoms with Crippen molar-refractivity contribution in [1.82, 2.24) is 15.0 Å². The first-order valence-corrected chi connectivity index (χ1v) is 6.08. The maximum Gasteiger partial charge on any atom is 0.275 e. The highest BCUT2D eigenvalue weighted by Crippen LogP contribution is 2.07. The Balaban J connectivity index is 2.06. The highest BCUT2D eigenvalue weighted by molar-refractivity contribution is 6.02. The molecule has 0 saturated carbocycles. The van der Waals surface area contributed by atoms with Crippen molar-refractivity contribution in [2.24, 2.45) is 0 Å². The zero-order chi connectivity index (χ0) is 13.5. The number of pyridine rings is 1. The minimum atomic E-state index is -0.305. The Kier molecular flexibility index (Phi) is 4.39. The molecule has 6 heteroatoms. The van der Waals surface area contributed by atoms with Crippen LogP contribution in [0.15, 0.2) is 36.8 Å². The largest absolute Gasteiger partial charge is 0.370 e. The summed E-state index contributed by atoms with van der Waals surface area (Å²) in [6, 6.07) is 5.27. The van der Waals surface area contributed by atoms with Crippen LogP contribution in [0.4, 0.5) is 11.6 Å². The first-order valence-electron chi connectivity index (χ1n) is 6.08. The molecule has 0 unspecified atom stereocenters. The van der Waals surface area contributed by atoms with E-state index in [1.165, 1.54) is 12.4 Å². The van der Waals surface area contributed by atoms with Crippen LogP contribution in [0.2, 0.25) is 0 Å². The first-order chi connectivity index (χ1) is 9.29. The Morgan fingerprint density at radius 2 is 2.16 bits per heavy atom. The summed E-state index contributed by atoms with van der Waals surface area (Å²) < 4.78 is 0. The fraction of sp³-hybridized carbons (Fsp3) is 0.231. The summed E-state index contributed by atoms with van der Waals surface area (Å²) in [7, 11) is 0. The highest BCUT2D eigenvalue weighted by atomic mass is 16.1. The van der Waals surface area contributed by atoms with Crippen LogP contribution in [-0.2, 0) is 0 Å². The Bertz CT molecular complexity index is 544. The van der Waals surface area contributed by atoms with Crippen molar-refractivity contribution in [2.45, 2.75) is 13.3 Å². The van der Waals surface area contributed by atoms with E-state index in [0.29, 0.717) is 17.3 Å². The number of anilines is 2. The molecule has 0 radical (unpaired) electrons. The molecule has 0 aliphatic rings. The average Bonchev–Trinajstić information content (AvgIpc) is 2.46. The van der Waals surface area contributed by atoms with Gasteiger partial charge in [0.05, 0.1) is 6.20 Å². The lowest BCUT2D eigenvalue weighted by atomic mass is 10.3. The Hall–Kier alpha value is -2.50. The monoisotopic (exact) mass is 257 g/mol. The van der Waals surface area contributed by atoms with Gasteiger partial charge in [-0.05, 0) is 18.6 Å². The second-order valence-electron chi connectivity index (χ2n) is 3.88. The molecule has 2 N–H and O–H groups in total. The van der Waals surface area contributed by atoms with Gasteiger partial charge in [-0.2, -0.15) is 0 Å². The van der Waals surface area contributed by atoms with Crippen LogP contribution < -0.4 is 10.6 Å². The van der Waals surface area contributed by atoms with Crippen LogP contribution >= 0.6 is 0 Å². The van der Waals surface area contributed by atoms with E-state index in [2.05, 4.69) is 32.5 Å². The minimum absolute atomic E-state index is 0.305. The van der Waals surface area contributed by atoms with Gasteiger partial charge in [0.25, 0.3) is 5.91 Å². The van der Waals surface area contributed by atoms with Gasteiger partial charge in [-0.1, -0.05) is 13.0 Å². The van der Waals surface area contributed by atoms with E-state index >= 15 is 0 Å². The van der Waals surface area contributed by atoms with Crippen LogP contribution in [0.3, 0.4) is 0 Å². The van der Waals surface area contributed by atoms with Crippen LogP contribution in [0.25, 0.3) is 0 Å². The van der Waals surface area contributed by atoms with Crippen molar-refractivity contribution in [2.75, 3.05) is 17.2 Å². The SMILES string of the molecule is CCCNc1cccc(C(=O)Nc2cnccn2)n1. The fourth-order valence-electron chi connectivity index (χ4n) is 1.46. The van der Waals surface area contributed by atoms with Crippen LogP contribution in [-0.4, -0.2) is 27.4 Å². The molecule has 0 fully saturated rings. The molecule has 6 nitrogen and oxygen atoms in total. The third-order valence-corrected chi connectivity index (χ3v) is 2.34. The third-order valence-electron chi connectivity index (χ3n) is 2.34. The highest BCUT2D eigenvalue weighted by Gasteiger charge is 2.08. The number of hydrogen-bond donors (Lipinski definition) is 2. The van der Waals surface area contributed by atoms with Gasteiger partial charge in [0, 0.05) is 18.9 Å². The molecule has 0 bridgehead atoms. The van der Waals surface area contributed by atoms with E-state index in [9.17, 15) is 4.79 Å². The summed E-state index contributed by atoms with van der Waals surface area (Å²) in [6.45, 7) is 2.89. The standard InChI is InChI=1S/C13H15N5O/c1-2-6-15-11-5-3-4-10(17-11)13(19)18-12-9-14-7-8-16-12/h3-5,7-9H,2,6H2,1H3,(H,15,17)(H,16,18,19). The summed E-state index contributed by atoms with van der Waals surface area (Å²) >= 11 is 0. The zero-order valence-electron chi connectivity index (χ0n) is 10.6. The molecule has 0 saturated heterocycles. The molecule has 19 heavy (non-hydrogen) atoms. The summed E-state index contributed by atoms with van der Waals surface area (Å²) in [6.07, 6.45) is 5.54. The zero-order valence-corrected chi connectivity index (χ0v) is 10.6. The average molecular weight is 257 g/mol. The third kappa shape index (κ3) is 3.74. The predicted molar refractivity (Wildman–Crippen MR) is 73.0 cm³/mol. The van der Waals surface area contributed by atoms with E-state index in [-0.39, 0.29) is 5.91 Å². The van der Waals surface area contributed by atoms with Crippen molar-refractivity contribution < 1.29 is 4.79 Å². The molecule has 2 aromatic rings. The molecule has 0 aliphatic heterocycles. The quantitative estimate of drug-likeness (QED) is 0.855. The Morgan fingerprint density at radius 3 is 2.89 bits per heavy atom. The molecular weight excluding hydrogens is 242 g/mol. The molecule has 98 valence electrons. The van der Waals surface area contributed by atoms with Crippen molar-refractivity contribution >= 4 is 17.5 Å². The number of amides is 1. The van der Waals surface area contributed by atoms with Crippen molar-refractivity contribution in [3.63, 3.8) is 0 Å². The van der Waals surface area contributed by atoms with Crippen molar-refractivity contribution in [3.8, 4) is 0 Å². The normalized spacial score (nSPS) is 9.95. The Morgan fingerprint density at radius 1 is 1.26 bits per heavy atom. The van der Waals surface area contributed by atoms with Crippen molar-refractivity contribution in [1.29, 1.82) is 0 Å². The van der Waals surface area contributed by atoms with E-state index in [0.717, 1.165) is 13.0 Å². The number of carbonyl (C=O) groups excluding carboxylic acids is 1. The summed E-state index contributed by atoms with van der Waals surface area (Å²) in [5, 5.41) is 5.77. The van der Waals surface area contributed by atoms with Gasteiger partial charge in [0.15, 0.2) is 5.82 Å². The van der Waals surface area contributed by atoms with Gasteiger partial charge in [-0.15, -0.1) is 0 Å². The lowest BCUT2D eigenvalue weighted by Gasteiger charge is -2.06. The molecule has 1 amide bonds. The lowest BCUT2D eigenvalue weighted by Crippen LogP contribution is -2.15. The van der Waals surface area contributed by atoms with Gasteiger partial charge >= 0.3 is 0 Å². The van der Waals surface area contributed by atoms with Gasteiger partial charge in [0.1, 0.15) is 11.5 Å². The Labute approximate surface area is 111 Å². The first kappa shape index (κ1) is 12.9. The molecule has 2 aromatic heterocycles. The van der Waals surface area contributed by atoms with Crippen molar-refractivity contribution in [3.05, 3.63) is 42.5 Å². The maximum absolute atomic E-state index is 12.0. The van der Waals surface area contributed by atoms with E-state index in [1.807, 2.05) is 6.07 Å². The summed E-state index contributed by atoms with van der Waals surface area (Å²) in [4.78, 5) is 24.1. The van der Waals surface area contributed by atoms with E-state index in [1.54, 1.807) is 18.3 Å². The summed E-state index contributed by atoms with van der Waals surface area (Å²) in [5.74, 6) is 0.788. The number of rotatable bonds is 5. The van der Waals surface area contributed by atoms with Crippen LogP contribution in [0.5, 0.6) is 0 Å². The van der Waals surface area contributed by atoms with Gasteiger partial charge in [-0.3, -0.25) is 9.78 Å². The van der Waals surface area contributed by atoms with Gasteiger partial charge in [0.2, 0.25) is 0 Å². The number of carbonyl (C=O) groups is 1. The second-order valence-corrected chi connectivity index (χ2v) is 3.88. The van der Waals surface area contributed by atoms with E-state index in [4.69, 9.17) is 0 Å². The smallest absolute Gasteiger partial charge is 0.275 e. The summed E-state index contributed by atoms with van der Waals surface area (Å²) in [5.41, 5.74) is 0.340. The molecule has 0 aliphatic carbocycles. The number of hydrogen-bond acceptors (Lipinski definition) is 5. The van der Waals surface area contributed by atoms with E-state index < -0.39 is 0 Å². The van der Waals surface area contributed by atoms with Crippen LogP contribution in [0.1, 0.15) is 23.8 Å². The molecule has 0 spiro atoms. The second kappa shape index (κ2) is 6.44. The predicted octanol–water partition coefficient (Wildman–Crippen LogP) is 1.95. The fourth-order valence-corrected chi connectivity index (χ4v) is 1.46. The molecule has 0 atom stereocenters. The molecular formula is C13H15N5O. The molecule has 2 rings (SSSR count). The topological polar surface area (TPSA) is 79.8 Å². The number of nitrogens with one attached hydrogen (secondary N) is 2. The molecule has 2 heterocycles.